The standard InChI is InChI=1S/C48H30N2O/c1-3-13-31(14-4-1)35-27-28-43(47-40-19-9-12-22-46(40)51-48(35)47)50-42-21-11-8-18-37(42)39-26-24-33(30-45(39)50)32-23-25-38-36-17-7-10-20-41(36)49(44(38)29-32)34-15-5-2-6-16-34/h1-30H/i2D,5D,6D,7D,8D,10D,11D,15D,16D,17D,18D,20D,21D,23D,24D,25D,26D,29D,30D. The summed E-state index contributed by atoms with van der Waals surface area (Å²) in [6.07, 6.45) is 0. The minimum Gasteiger partial charge on any atom is -0.455 e. The van der Waals surface area contributed by atoms with Crippen LogP contribution in [0.2, 0.25) is 0 Å². The van der Waals surface area contributed by atoms with E-state index in [-0.39, 0.29) is 27.5 Å². The first-order valence-corrected chi connectivity index (χ1v) is 15.9. The molecular weight excluding hydrogens is 621 g/mol. The molecule has 3 heterocycles. The lowest BCUT2D eigenvalue weighted by Gasteiger charge is -2.13. The molecule has 0 bridgehead atoms. The van der Waals surface area contributed by atoms with Gasteiger partial charge in [0.25, 0.3) is 0 Å². The first-order chi connectivity index (χ1) is 33.2. The molecule has 0 unspecified atom stereocenters. The van der Waals surface area contributed by atoms with Gasteiger partial charge >= 0.3 is 0 Å². The Bertz CT molecular complexity index is 4200. The van der Waals surface area contributed by atoms with Crippen LogP contribution >= 0.6 is 0 Å². The van der Waals surface area contributed by atoms with Gasteiger partial charge in [0.1, 0.15) is 11.2 Å². The van der Waals surface area contributed by atoms with Gasteiger partial charge in [0.05, 0.1) is 59.2 Å². The normalized spacial score (nSPS) is 17.1. The van der Waals surface area contributed by atoms with Crippen molar-refractivity contribution in [3.63, 3.8) is 0 Å². The monoisotopic (exact) mass is 669 g/mol. The molecule has 238 valence electrons. The Balaban J connectivity index is 1.37. The third-order valence-corrected chi connectivity index (χ3v) is 9.11. The Morgan fingerprint density at radius 3 is 1.75 bits per heavy atom. The van der Waals surface area contributed by atoms with Crippen molar-refractivity contribution in [3.05, 3.63) is 182 Å². The van der Waals surface area contributed by atoms with Gasteiger partial charge in [-0.15, -0.1) is 0 Å². The number of aromatic nitrogens is 2. The third-order valence-electron chi connectivity index (χ3n) is 9.11. The van der Waals surface area contributed by atoms with Gasteiger partial charge in [-0.2, -0.15) is 0 Å². The van der Waals surface area contributed by atoms with Crippen LogP contribution in [0.15, 0.2) is 186 Å². The van der Waals surface area contributed by atoms with Gasteiger partial charge < -0.3 is 13.6 Å². The van der Waals surface area contributed by atoms with E-state index < -0.39 is 153 Å². The van der Waals surface area contributed by atoms with E-state index in [0.29, 0.717) is 27.5 Å². The molecule has 8 aromatic carbocycles. The third kappa shape index (κ3) is 4.12. The molecule has 0 fully saturated rings. The molecule has 11 aromatic rings. The zero-order valence-electron chi connectivity index (χ0n) is 45.2. The van der Waals surface area contributed by atoms with E-state index in [9.17, 15) is 11.0 Å². The van der Waals surface area contributed by atoms with Gasteiger partial charge in [0.2, 0.25) is 0 Å². The molecule has 0 spiro atoms. The summed E-state index contributed by atoms with van der Waals surface area (Å²) in [6.45, 7) is 0. The molecule has 0 amide bonds. The molecule has 3 aromatic heterocycles. The fourth-order valence-corrected chi connectivity index (χ4v) is 6.93. The van der Waals surface area contributed by atoms with Crippen molar-refractivity contribution < 1.29 is 30.5 Å². The summed E-state index contributed by atoms with van der Waals surface area (Å²) in [5, 5.41) is -0.243. The van der Waals surface area contributed by atoms with E-state index in [1.54, 1.807) is 36.4 Å². The van der Waals surface area contributed by atoms with Gasteiger partial charge in [0, 0.05) is 38.2 Å². The molecule has 0 atom stereocenters. The van der Waals surface area contributed by atoms with Crippen LogP contribution < -0.4 is 0 Å². The highest BCUT2D eigenvalue weighted by molar-refractivity contribution is 6.17. The Labute approximate surface area is 320 Å². The predicted octanol–water partition coefficient (Wildman–Crippen LogP) is 13.1. The number of furan rings is 1. The quantitative estimate of drug-likeness (QED) is 0.183. The van der Waals surface area contributed by atoms with Crippen LogP contribution in [0, 0.1) is 0 Å². The largest absolute Gasteiger partial charge is 0.455 e. The van der Waals surface area contributed by atoms with Crippen LogP contribution in [0.1, 0.15) is 26.0 Å². The smallest absolute Gasteiger partial charge is 0.145 e. The van der Waals surface area contributed by atoms with Crippen molar-refractivity contribution in [2.75, 3.05) is 0 Å². The van der Waals surface area contributed by atoms with Gasteiger partial charge in [-0.1, -0.05) is 127 Å². The van der Waals surface area contributed by atoms with E-state index in [4.69, 9.17) is 19.5 Å². The van der Waals surface area contributed by atoms with Crippen molar-refractivity contribution in [2.45, 2.75) is 0 Å². The second-order valence-electron chi connectivity index (χ2n) is 11.8. The van der Waals surface area contributed by atoms with Gasteiger partial charge in [-0.25, -0.2) is 0 Å². The number of benzene rings is 8. The molecule has 0 aliphatic heterocycles. The van der Waals surface area contributed by atoms with Crippen molar-refractivity contribution in [1.29, 1.82) is 0 Å². The van der Waals surface area contributed by atoms with Gasteiger partial charge in [-0.3, -0.25) is 0 Å². The molecule has 0 N–H and O–H groups in total. The van der Waals surface area contributed by atoms with Crippen LogP contribution in [0.3, 0.4) is 0 Å². The Morgan fingerprint density at radius 2 is 1.02 bits per heavy atom. The molecule has 0 aliphatic carbocycles. The summed E-state index contributed by atoms with van der Waals surface area (Å²) in [6, 6.07) is 5.75. The van der Waals surface area contributed by atoms with E-state index in [2.05, 4.69) is 0 Å². The zero-order valence-corrected chi connectivity index (χ0v) is 26.2. The molecule has 0 saturated carbocycles. The van der Waals surface area contributed by atoms with Crippen molar-refractivity contribution in [3.8, 4) is 33.6 Å². The first kappa shape index (κ1) is 15.4. The maximum atomic E-state index is 10.1. The predicted molar refractivity (Wildman–Crippen MR) is 213 cm³/mol. The van der Waals surface area contributed by atoms with E-state index in [1.165, 1.54) is 4.57 Å². The second-order valence-corrected chi connectivity index (χ2v) is 11.8. The molecule has 51 heavy (non-hydrogen) atoms. The zero-order chi connectivity index (χ0) is 50.0. The number of nitrogens with zero attached hydrogens (tertiary/aromatic N) is 2. The SMILES string of the molecule is [2H]c1c([2H])c([2H])c(-n2c3c([2H])c([2H])c([2H])c([2H])c3c3c([2H])c([2H])c(-c4c([2H])c([2H])c5c6c([2H])c([2H])c([2H])c([2H])c6n(-c6ccc(-c7ccccc7)c7oc8ccccc8c67)c5c4[2H])c([2H])c32)c([2H])c1[2H]. The minimum absolute atomic E-state index is 0.169. The second kappa shape index (κ2) is 10.8. The van der Waals surface area contributed by atoms with E-state index >= 15 is 0 Å². The van der Waals surface area contributed by atoms with Crippen molar-refractivity contribution in [1.82, 2.24) is 9.13 Å². The fourth-order valence-electron chi connectivity index (χ4n) is 6.93. The van der Waals surface area contributed by atoms with Crippen LogP contribution in [0.5, 0.6) is 0 Å². The maximum Gasteiger partial charge on any atom is 0.145 e. The highest BCUT2D eigenvalue weighted by Crippen LogP contribution is 2.43. The Hall–Kier alpha value is -6.84. The minimum atomic E-state index is -0.835. The first-order valence-electron chi connectivity index (χ1n) is 25.4. The lowest BCUT2D eigenvalue weighted by Crippen LogP contribution is -1.96. The maximum absolute atomic E-state index is 10.1. The molecule has 0 aliphatic rings. The fraction of sp³-hybridized carbons (Fsp3) is 0. The summed E-state index contributed by atoms with van der Waals surface area (Å²) in [5.41, 5.74) is -0.795. The number of hydrogen-bond acceptors (Lipinski definition) is 1. The molecule has 0 radical (unpaired) electrons. The molecule has 11 rings (SSSR count). The highest BCUT2D eigenvalue weighted by atomic mass is 16.3. The lowest BCUT2D eigenvalue weighted by atomic mass is 10.0. The number of hydrogen-bond donors (Lipinski definition) is 0. The Kier molecular flexibility index (Phi) is 3.26. The summed E-state index contributed by atoms with van der Waals surface area (Å²) >= 11 is 0. The van der Waals surface area contributed by atoms with Crippen LogP contribution in [0.25, 0.3) is 99.2 Å². The van der Waals surface area contributed by atoms with Crippen molar-refractivity contribution >= 4 is 65.6 Å². The number of rotatable bonds is 4. The summed E-state index contributed by atoms with van der Waals surface area (Å²) in [7, 11) is 0. The number of fused-ring (bicyclic) bond motifs is 9. The summed E-state index contributed by atoms with van der Waals surface area (Å²) in [5.74, 6) is 0. The van der Waals surface area contributed by atoms with E-state index in [0.717, 1.165) is 10.1 Å². The van der Waals surface area contributed by atoms with Gasteiger partial charge in [0.15, 0.2) is 0 Å². The average molecular weight is 670 g/mol. The Morgan fingerprint density at radius 1 is 0.431 bits per heavy atom. The summed E-state index contributed by atoms with van der Waals surface area (Å²) in [4.78, 5) is 0. The highest BCUT2D eigenvalue weighted by Gasteiger charge is 2.21. The number of para-hydroxylation sites is 4. The summed E-state index contributed by atoms with van der Waals surface area (Å²) < 4.78 is 181. The van der Waals surface area contributed by atoms with E-state index in [1.807, 2.05) is 30.3 Å². The van der Waals surface area contributed by atoms with Gasteiger partial charge in [-0.05, 0) is 71.1 Å². The lowest BCUT2D eigenvalue weighted by molar-refractivity contribution is 0.670. The van der Waals surface area contributed by atoms with Crippen molar-refractivity contribution in [2.24, 2.45) is 0 Å². The molecular formula is C48H30N2O. The molecule has 3 heteroatoms. The molecule has 0 saturated heterocycles. The average Bonchev–Trinajstić information content (AvgIpc) is 4.04. The topological polar surface area (TPSA) is 23.0 Å². The van der Waals surface area contributed by atoms with Crippen LogP contribution in [-0.4, -0.2) is 9.13 Å². The van der Waals surface area contributed by atoms with Crippen LogP contribution in [0.4, 0.5) is 0 Å². The molecule has 3 nitrogen and oxygen atoms in total. The van der Waals surface area contributed by atoms with Crippen LogP contribution in [-0.2, 0) is 0 Å².